The van der Waals surface area contributed by atoms with Gasteiger partial charge >= 0.3 is 0 Å². The molecule has 0 aliphatic carbocycles. The quantitative estimate of drug-likeness (QED) is 0.0436. The minimum absolute atomic E-state index is 0.892. The Bertz CT molecular complexity index is 867. The summed E-state index contributed by atoms with van der Waals surface area (Å²) in [4.78, 5) is 0. The molecule has 0 bridgehead atoms. The van der Waals surface area contributed by atoms with Crippen LogP contribution in [0.1, 0.15) is 415 Å². The Morgan fingerprint density at radius 3 is 0.479 bits per heavy atom. The second kappa shape index (κ2) is 58.5. The normalized spacial score (nSPS) is 12.4. The van der Waals surface area contributed by atoms with Crippen molar-refractivity contribution in [2.24, 2.45) is 0 Å². The predicted octanol–water partition coefficient (Wildman–Crippen LogP) is 27.6. The Labute approximate surface area is 468 Å². The Morgan fingerprint density at radius 1 is 0.178 bits per heavy atom. The summed E-state index contributed by atoms with van der Waals surface area (Å²) in [6, 6.07) is 6.10. The van der Waals surface area contributed by atoms with Gasteiger partial charge in [0.25, 0.3) is 0 Å². The third kappa shape index (κ3) is 43.9. The van der Waals surface area contributed by atoms with E-state index in [1.54, 1.807) is 0 Å². The number of unbranched alkanes of at least 4 members (excludes halogenated alkanes) is 44. The lowest BCUT2D eigenvalue weighted by Gasteiger charge is -2.50. The van der Waals surface area contributed by atoms with Crippen molar-refractivity contribution in [2.75, 3.05) is 0 Å². The molecule has 0 aliphatic rings. The van der Waals surface area contributed by atoms with E-state index in [1.807, 2.05) is 0 Å². The number of hydrogen-bond acceptors (Lipinski definition) is 1. The first-order valence-electron chi connectivity index (χ1n) is 35.7. The van der Waals surface area contributed by atoms with Crippen LogP contribution in [0.2, 0.25) is 35.3 Å². The van der Waals surface area contributed by atoms with Crippen molar-refractivity contribution >= 4 is 16.6 Å². The number of hydrogen-bond donors (Lipinski definition) is 0. The SMILES string of the molecule is CCCCCCCCC[Si](CCCCCCCCC)(O[Si](CCCCCCCCC)(CCCCCCCCC)C(CCCCCCCC)CCCCCCCC)C(CCCCCCCC)CCCCCCCC. The standard InChI is InChI=1S/C70H146OSi2/c1-9-17-25-33-41-49-57-65-72(66-58-50-42-34-26-18-10-2,69(61-53-45-37-29-21-13-5)62-54-46-38-30-22-14-6)71-73(67-59-51-43-35-27-19-11-3,68-60-52-44-36-28-20-12-4)70(63-55-47-39-31-23-15-7)64-56-48-40-32-24-16-8/h69-70H,9-68H2,1-8H3. The molecular weight excluding hydrogens is 913 g/mol. The zero-order valence-electron chi connectivity index (χ0n) is 53.0. The maximum Gasteiger partial charge on any atom is 0.182 e. The maximum absolute atomic E-state index is 9.39. The second-order valence-corrected chi connectivity index (χ2v) is 34.0. The molecule has 0 aromatic heterocycles. The minimum Gasteiger partial charge on any atom is -0.454 e. The third-order valence-electron chi connectivity index (χ3n) is 18.3. The lowest BCUT2D eigenvalue weighted by molar-refractivity contribution is 0.399. The molecule has 0 aliphatic heterocycles. The second-order valence-electron chi connectivity index (χ2n) is 25.3. The average Bonchev–Trinajstić information content (AvgIpc) is 3.40. The average molecular weight is 1060 g/mol. The molecule has 0 radical (unpaired) electrons. The summed E-state index contributed by atoms with van der Waals surface area (Å²) in [6.45, 7) is 19.2. The Kier molecular flexibility index (Phi) is 58.9. The zero-order valence-corrected chi connectivity index (χ0v) is 55.0. The van der Waals surface area contributed by atoms with E-state index in [2.05, 4.69) is 55.4 Å². The highest BCUT2D eigenvalue weighted by molar-refractivity contribution is 6.88. The van der Waals surface area contributed by atoms with Crippen LogP contribution in [0.5, 0.6) is 0 Å². The first-order valence-corrected chi connectivity index (χ1v) is 40.5. The highest BCUT2D eigenvalue weighted by Gasteiger charge is 2.51. The monoisotopic (exact) mass is 1060 g/mol. The molecule has 0 aromatic rings. The van der Waals surface area contributed by atoms with Crippen LogP contribution in [0.4, 0.5) is 0 Å². The van der Waals surface area contributed by atoms with E-state index >= 15 is 0 Å². The highest BCUT2D eigenvalue weighted by atomic mass is 28.4. The molecule has 0 spiro atoms. The van der Waals surface area contributed by atoms with Crippen LogP contribution in [0, 0.1) is 0 Å². The van der Waals surface area contributed by atoms with Gasteiger partial charge in [-0.05, 0) is 35.3 Å². The Morgan fingerprint density at radius 2 is 0.315 bits per heavy atom. The van der Waals surface area contributed by atoms with E-state index in [0.29, 0.717) is 0 Å². The smallest absolute Gasteiger partial charge is 0.182 e. The summed E-state index contributed by atoms with van der Waals surface area (Å²) in [7, 11) is -4.33. The van der Waals surface area contributed by atoms with Crippen LogP contribution in [0.25, 0.3) is 0 Å². The van der Waals surface area contributed by atoms with Gasteiger partial charge in [-0.25, -0.2) is 0 Å². The number of rotatable bonds is 64. The van der Waals surface area contributed by atoms with Gasteiger partial charge in [0.1, 0.15) is 0 Å². The molecule has 0 unspecified atom stereocenters. The fourth-order valence-corrected chi connectivity index (χ4v) is 28.0. The van der Waals surface area contributed by atoms with E-state index < -0.39 is 16.6 Å². The van der Waals surface area contributed by atoms with Crippen LogP contribution in [0.15, 0.2) is 0 Å². The summed E-state index contributed by atoms with van der Waals surface area (Å²) in [5.74, 6) is 0. The summed E-state index contributed by atoms with van der Waals surface area (Å²) in [5, 5.41) is 0. The van der Waals surface area contributed by atoms with Gasteiger partial charge in [-0.1, -0.05) is 415 Å². The van der Waals surface area contributed by atoms with Crippen LogP contribution in [0.3, 0.4) is 0 Å². The Balaban J connectivity index is 7.94. The van der Waals surface area contributed by atoms with Gasteiger partial charge in [0, 0.05) is 0 Å². The van der Waals surface area contributed by atoms with Crippen molar-refractivity contribution in [3.63, 3.8) is 0 Å². The van der Waals surface area contributed by atoms with Crippen molar-refractivity contribution in [1.29, 1.82) is 0 Å². The lowest BCUT2D eigenvalue weighted by Crippen LogP contribution is -2.56. The van der Waals surface area contributed by atoms with Gasteiger partial charge in [-0.2, -0.15) is 0 Å². The molecule has 3 heteroatoms. The van der Waals surface area contributed by atoms with Gasteiger partial charge in [-0.3, -0.25) is 0 Å². The zero-order chi connectivity index (χ0) is 53.3. The van der Waals surface area contributed by atoms with Gasteiger partial charge in [0.2, 0.25) is 0 Å². The molecule has 0 aromatic carbocycles. The molecule has 1 nitrogen and oxygen atoms in total. The molecule has 73 heavy (non-hydrogen) atoms. The van der Waals surface area contributed by atoms with E-state index in [-0.39, 0.29) is 0 Å². The molecule has 0 amide bonds. The molecule has 0 saturated carbocycles. The van der Waals surface area contributed by atoms with Crippen LogP contribution in [-0.2, 0) is 4.12 Å². The molecule has 0 N–H and O–H groups in total. The molecular formula is C70H146OSi2. The van der Waals surface area contributed by atoms with Crippen molar-refractivity contribution < 1.29 is 4.12 Å². The molecule has 0 heterocycles. The highest BCUT2D eigenvalue weighted by Crippen LogP contribution is 2.50. The summed E-state index contributed by atoms with van der Waals surface area (Å²) in [6.07, 6.45) is 81.4. The first-order chi connectivity index (χ1) is 36.0. The van der Waals surface area contributed by atoms with Gasteiger partial charge in [-0.15, -0.1) is 0 Å². The van der Waals surface area contributed by atoms with Gasteiger partial charge in [0.05, 0.1) is 0 Å². The topological polar surface area (TPSA) is 9.23 Å². The minimum atomic E-state index is -2.17. The van der Waals surface area contributed by atoms with E-state index in [0.717, 1.165) is 11.1 Å². The fourth-order valence-electron chi connectivity index (χ4n) is 13.4. The van der Waals surface area contributed by atoms with Crippen LogP contribution >= 0.6 is 0 Å². The van der Waals surface area contributed by atoms with Gasteiger partial charge < -0.3 is 4.12 Å². The summed E-state index contributed by atoms with van der Waals surface area (Å²) in [5.41, 5.74) is 1.78. The summed E-state index contributed by atoms with van der Waals surface area (Å²) >= 11 is 0. The third-order valence-corrected chi connectivity index (χ3v) is 30.5. The van der Waals surface area contributed by atoms with E-state index in [9.17, 15) is 4.12 Å². The molecule has 0 rings (SSSR count). The molecule has 0 fully saturated rings. The van der Waals surface area contributed by atoms with Crippen LogP contribution < -0.4 is 0 Å². The van der Waals surface area contributed by atoms with E-state index in [1.165, 1.54) is 384 Å². The lowest BCUT2D eigenvalue weighted by atomic mass is 10.0. The maximum atomic E-state index is 9.39. The molecule has 0 atom stereocenters. The van der Waals surface area contributed by atoms with Crippen molar-refractivity contribution in [3.8, 4) is 0 Å². The van der Waals surface area contributed by atoms with E-state index in [4.69, 9.17) is 0 Å². The van der Waals surface area contributed by atoms with Crippen LogP contribution in [-0.4, -0.2) is 16.6 Å². The largest absolute Gasteiger partial charge is 0.454 e. The molecule has 440 valence electrons. The Hall–Kier alpha value is 0.394. The van der Waals surface area contributed by atoms with Gasteiger partial charge in [0.15, 0.2) is 16.6 Å². The summed E-state index contributed by atoms with van der Waals surface area (Å²) < 4.78 is 9.39. The van der Waals surface area contributed by atoms with Crippen molar-refractivity contribution in [2.45, 2.75) is 450 Å². The fraction of sp³-hybridized carbons (Fsp3) is 1.00. The predicted molar refractivity (Wildman–Crippen MR) is 343 cm³/mol. The molecule has 0 saturated heterocycles. The van der Waals surface area contributed by atoms with Crippen molar-refractivity contribution in [1.82, 2.24) is 0 Å². The first kappa shape index (κ1) is 73.4. The van der Waals surface area contributed by atoms with Crippen molar-refractivity contribution in [3.05, 3.63) is 0 Å².